The summed E-state index contributed by atoms with van der Waals surface area (Å²) in [6.45, 7) is 2.41. The van der Waals surface area contributed by atoms with Crippen LogP contribution in [0.3, 0.4) is 0 Å². The predicted octanol–water partition coefficient (Wildman–Crippen LogP) is 5.96. The van der Waals surface area contributed by atoms with Crippen LogP contribution in [-0.4, -0.2) is 27.1 Å². The normalized spacial score (nSPS) is 10.9. The third-order valence-corrected chi connectivity index (χ3v) is 5.66. The van der Waals surface area contributed by atoms with Crippen LogP contribution in [0.25, 0.3) is 6.08 Å². The highest BCUT2D eigenvalue weighted by molar-refractivity contribution is 9.10. The number of rotatable bonds is 8. The molecular formula is C27H26BrN3O3. The Labute approximate surface area is 208 Å². The molecule has 3 aromatic carbocycles. The number of nitrogens with zero attached hydrogens (tertiary/aromatic N) is 2. The molecule has 1 N–H and O–H groups in total. The van der Waals surface area contributed by atoms with E-state index in [-0.39, 0.29) is 5.57 Å². The van der Waals surface area contributed by atoms with Crippen molar-refractivity contribution in [2.24, 2.45) is 0 Å². The highest BCUT2D eigenvalue weighted by atomic mass is 79.9. The summed E-state index contributed by atoms with van der Waals surface area (Å²) in [5.41, 5.74) is 4.43. The van der Waals surface area contributed by atoms with Crippen molar-refractivity contribution in [2.45, 2.75) is 13.5 Å². The molecule has 0 aliphatic carbocycles. The van der Waals surface area contributed by atoms with Crippen molar-refractivity contribution in [3.05, 3.63) is 87.4 Å². The minimum atomic E-state index is -0.491. The van der Waals surface area contributed by atoms with Crippen LogP contribution < -0.4 is 19.7 Å². The van der Waals surface area contributed by atoms with Gasteiger partial charge in [0, 0.05) is 25.5 Å². The third-order valence-electron chi connectivity index (χ3n) is 5.07. The first kappa shape index (κ1) is 24.9. The summed E-state index contributed by atoms with van der Waals surface area (Å²) < 4.78 is 12.1. The number of ether oxygens (including phenoxy) is 2. The first-order valence-corrected chi connectivity index (χ1v) is 11.4. The van der Waals surface area contributed by atoms with Crippen LogP contribution in [0, 0.1) is 18.3 Å². The summed E-state index contributed by atoms with van der Waals surface area (Å²) >= 11 is 3.52. The highest BCUT2D eigenvalue weighted by Crippen LogP contribution is 2.38. The molecule has 0 saturated carbocycles. The number of methoxy groups -OCH3 is 1. The fourth-order valence-electron chi connectivity index (χ4n) is 3.16. The van der Waals surface area contributed by atoms with Gasteiger partial charge in [0.2, 0.25) is 0 Å². The van der Waals surface area contributed by atoms with Crippen molar-refractivity contribution in [2.75, 3.05) is 31.4 Å². The number of aryl methyl sites for hydroxylation is 1. The molecule has 0 saturated heterocycles. The lowest BCUT2D eigenvalue weighted by Gasteiger charge is -2.14. The van der Waals surface area contributed by atoms with Crippen molar-refractivity contribution in [3.8, 4) is 17.6 Å². The second-order valence-electron chi connectivity index (χ2n) is 7.87. The molecule has 34 heavy (non-hydrogen) atoms. The van der Waals surface area contributed by atoms with E-state index in [0.717, 1.165) is 11.3 Å². The SMILES string of the molecule is COc1cc(/C=C(/C#N)C(=O)Nc2ccc(N(C)C)cc2)cc(Br)c1OCc1ccc(C)cc1. The summed E-state index contributed by atoms with van der Waals surface area (Å²) in [6, 6.07) is 20.9. The number of nitrogens with one attached hydrogen (secondary N) is 1. The van der Waals surface area contributed by atoms with Crippen LogP contribution in [0.2, 0.25) is 0 Å². The van der Waals surface area contributed by atoms with Gasteiger partial charge in [-0.05, 0) is 76.5 Å². The molecule has 0 radical (unpaired) electrons. The summed E-state index contributed by atoms with van der Waals surface area (Å²) in [7, 11) is 5.42. The lowest BCUT2D eigenvalue weighted by molar-refractivity contribution is -0.112. The fraction of sp³-hybridized carbons (Fsp3) is 0.185. The maximum atomic E-state index is 12.7. The number of amides is 1. The number of hydrogen-bond acceptors (Lipinski definition) is 5. The Morgan fingerprint density at radius 2 is 1.79 bits per heavy atom. The fourth-order valence-corrected chi connectivity index (χ4v) is 3.73. The average molecular weight is 520 g/mol. The van der Waals surface area contributed by atoms with Gasteiger partial charge in [-0.15, -0.1) is 0 Å². The molecule has 0 atom stereocenters. The van der Waals surface area contributed by atoms with E-state index in [0.29, 0.717) is 33.8 Å². The first-order valence-electron chi connectivity index (χ1n) is 10.6. The molecule has 0 aliphatic heterocycles. The Bertz CT molecular complexity index is 1230. The predicted molar refractivity (Wildman–Crippen MR) is 139 cm³/mol. The molecule has 174 valence electrons. The topological polar surface area (TPSA) is 74.6 Å². The Kier molecular flexibility index (Phi) is 8.34. The van der Waals surface area contributed by atoms with Crippen molar-refractivity contribution < 1.29 is 14.3 Å². The zero-order valence-electron chi connectivity index (χ0n) is 19.6. The maximum Gasteiger partial charge on any atom is 0.266 e. The molecule has 0 unspecified atom stereocenters. The van der Waals surface area contributed by atoms with Gasteiger partial charge in [-0.2, -0.15) is 5.26 Å². The van der Waals surface area contributed by atoms with E-state index >= 15 is 0 Å². The lowest BCUT2D eigenvalue weighted by atomic mass is 10.1. The van der Waals surface area contributed by atoms with Gasteiger partial charge in [0.05, 0.1) is 11.6 Å². The molecule has 0 spiro atoms. The Balaban J connectivity index is 1.78. The van der Waals surface area contributed by atoms with Gasteiger partial charge in [-0.3, -0.25) is 4.79 Å². The van der Waals surface area contributed by atoms with E-state index in [2.05, 4.69) is 21.2 Å². The molecule has 3 aromatic rings. The molecule has 6 nitrogen and oxygen atoms in total. The van der Waals surface area contributed by atoms with Gasteiger partial charge < -0.3 is 19.7 Å². The minimum Gasteiger partial charge on any atom is -0.493 e. The van der Waals surface area contributed by atoms with Gasteiger partial charge >= 0.3 is 0 Å². The van der Waals surface area contributed by atoms with Crippen molar-refractivity contribution in [1.29, 1.82) is 5.26 Å². The van der Waals surface area contributed by atoms with Crippen LogP contribution in [0.1, 0.15) is 16.7 Å². The molecule has 0 aliphatic rings. The monoisotopic (exact) mass is 519 g/mol. The third kappa shape index (κ3) is 6.40. The largest absolute Gasteiger partial charge is 0.493 e. The molecule has 0 aromatic heterocycles. The van der Waals surface area contributed by atoms with Crippen molar-refractivity contribution >= 4 is 39.3 Å². The summed E-state index contributed by atoms with van der Waals surface area (Å²) in [6.07, 6.45) is 1.51. The standard InChI is InChI=1S/C27H26BrN3O3/c1-18-5-7-19(8-6-18)17-34-26-24(28)14-20(15-25(26)33-4)13-21(16-29)27(32)30-22-9-11-23(12-10-22)31(2)3/h5-15H,17H2,1-4H3,(H,30,32)/b21-13-. The smallest absolute Gasteiger partial charge is 0.266 e. The van der Waals surface area contributed by atoms with Gasteiger partial charge in [-0.1, -0.05) is 29.8 Å². The van der Waals surface area contributed by atoms with Crippen LogP contribution >= 0.6 is 15.9 Å². The molecule has 7 heteroatoms. The van der Waals surface area contributed by atoms with E-state index in [4.69, 9.17) is 9.47 Å². The number of carbonyl (C=O) groups excluding carboxylic acids is 1. The number of benzene rings is 3. The molecular weight excluding hydrogens is 494 g/mol. The second kappa shape index (κ2) is 11.4. The average Bonchev–Trinajstić information content (AvgIpc) is 2.82. The van der Waals surface area contributed by atoms with E-state index in [1.807, 2.05) is 68.4 Å². The number of nitriles is 1. The number of anilines is 2. The van der Waals surface area contributed by atoms with Gasteiger partial charge in [0.25, 0.3) is 5.91 Å². The van der Waals surface area contributed by atoms with Crippen LogP contribution in [0.4, 0.5) is 11.4 Å². The van der Waals surface area contributed by atoms with Gasteiger partial charge in [0.15, 0.2) is 11.5 Å². The van der Waals surface area contributed by atoms with Crippen LogP contribution in [-0.2, 0) is 11.4 Å². The molecule has 0 heterocycles. The maximum absolute atomic E-state index is 12.7. The summed E-state index contributed by atoms with van der Waals surface area (Å²) in [5, 5.41) is 12.3. The lowest BCUT2D eigenvalue weighted by Crippen LogP contribution is -2.14. The highest BCUT2D eigenvalue weighted by Gasteiger charge is 2.14. The zero-order valence-corrected chi connectivity index (χ0v) is 21.1. The number of halogens is 1. The summed E-state index contributed by atoms with van der Waals surface area (Å²) in [4.78, 5) is 14.6. The van der Waals surface area contributed by atoms with Crippen LogP contribution in [0.15, 0.2) is 70.7 Å². The quantitative estimate of drug-likeness (QED) is 0.293. The zero-order chi connectivity index (χ0) is 24.7. The Morgan fingerprint density at radius 1 is 1.12 bits per heavy atom. The Hall–Kier alpha value is -3.76. The first-order chi connectivity index (χ1) is 16.3. The van der Waals surface area contributed by atoms with Crippen molar-refractivity contribution in [1.82, 2.24) is 0 Å². The van der Waals surface area contributed by atoms with E-state index < -0.39 is 5.91 Å². The van der Waals surface area contributed by atoms with E-state index in [1.165, 1.54) is 11.6 Å². The van der Waals surface area contributed by atoms with Crippen LogP contribution in [0.5, 0.6) is 11.5 Å². The van der Waals surface area contributed by atoms with Gasteiger partial charge in [-0.25, -0.2) is 0 Å². The summed E-state index contributed by atoms with van der Waals surface area (Å²) in [5.74, 6) is 0.545. The van der Waals surface area contributed by atoms with E-state index in [1.54, 1.807) is 31.4 Å². The van der Waals surface area contributed by atoms with Crippen molar-refractivity contribution in [3.63, 3.8) is 0 Å². The molecule has 3 rings (SSSR count). The molecule has 1 amide bonds. The number of carbonyl (C=O) groups is 1. The minimum absolute atomic E-state index is 0.0287. The molecule has 0 fully saturated rings. The number of hydrogen-bond donors (Lipinski definition) is 1. The Morgan fingerprint density at radius 3 is 2.38 bits per heavy atom. The van der Waals surface area contributed by atoms with E-state index in [9.17, 15) is 10.1 Å². The molecule has 0 bridgehead atoms. The van der Waals surface area contributed by atoms with Gasteiger partial charge in [0.1, 0.15) is 18.2 Å². The second-order valence-corrected chi connectivity index (χ2v) is 8.73.